The van der Waals surface area contributed by atoms with Crippen molar-refractivity contribution in [3.8, 4) is 0 Å². The fourth-order valence-electron chi connectivity index (χ4n) is 2.39. The van der Waals surface area contributed by atoms with E-state index in [1.807, 2.05) is 0 Å². The van der Waals surface area contributed by atoms with Crippen molar-refractivity contribution in [1.82, 2.24) is 4.90 Å². The molecule has 1 fully saturated rings. The summed E-state index contributed by atoms with van der Waals surface area (Å²) in [6, 6.07) is 8.74. The van der Waals surface area contributed by atoms with E-state index < -0.39 is 0 Å². The van der Waals surface area contributed by atoms with E-state index in [9.17, 15) is 0 Å². The third kappa shape index (κ3) is 2.83. The number of hydrogen-bond acceptors (Lipinski definition) is 2. The molecule has 1 aromatic carbocycles. The van der Waals surface area contributed by atoms with Crippen molar-refractivity contribution in [2.45, 2.75) is 26.3 Å². The molecule has 2 unspecified atom stereocenters. The molecule has 2 rings (SSSR count). The van der Waals surface area contributed by atoms with Crippen LogP contribution in [0.5, 0.6) is 0 Å². The number of aryl methyl sites for hydroxylation is 1. The summed E-state index contributed by atoms with van der Waals surface area (Å²) in [5.41, 5.74) is 8.78. The zero-order valence-corrected chi connectivity index (χ0v) is 10.3. The normalized spacial score (nSPS) is 23.6. The van der Waals surface area contributed by atoms with Crippen LogP contribution in [0.4, 0.5) is 0 Å². The lowest BCUT2D eigenvalue weighted by Gasteiger charge is -2.20. The number of hydrogen-bond donors (Lipinski definition) is 1. The Bertz CT molecular complexity index is 331. The SMILES string of the molecule is Cc1ccc(C(N)CN2CCC(C)C2)cc1. The Balaban J connectivity index is 1.92. The molecule has 2 N–H and O–H groups in total. The molecule has 2 atom stereocenters. The molecule has 0 saturated carbocycles. The van der Waals surface area contributed by atoms with Gasteiger partial charge < -0.3 is 10.6 Å². The highest BCUT2D eigenvalue weighted by Crippen LogP contribution is 2.19. The Labute approximate surface area is 98.4 Å². The van der Waals surface area contributed by atoms with Gasteiger partial charge in [-0.25, -0.2) is 0 Å². The molecule has 16 heavy (non-hydrogen) atoms. The fraction of sp³-hybridized carbons (Fsp3) is 0.571. The van der Waals surface area contributed by atoms with Crippen LogP contribution >= 0.6 is 0 Å². The predicted molar refractivity (Wildman–Crippen MR) is 68.3 cm³/mol. The molecule has 2 nitrogen and oxygen atoms in total. The molecule has 1 aromatic rings. The molecule has 1 saturated heterocycles. The molecule has 0 amide bonds. The van der Waals surface area contributed by atoms with E-state index in [2.05, 4.69) is 43.0 Å². The Kier molecular flexibility index (Phi) is 3.62. The van der Waals surface area contributed by atoms with Gasteiger partial charge in [0, 0.05) is 19.1 Å². The lowest BCUT2D eigenvalue weighted by atomic mass is 10.1. The Morgan fingerprint density at radius 1 is 1.38 bits per heavy atom. The predicted octanol–water partition coefficient (Wildman–Crippen LogP) is 2.34. The van der Waals surface area contributed by atoms with Crippen LogP contribution in [0.25, 0.3) is 0 Å². The first kappa shape index (κ1) is 11.6. The summed E-state index contributed by atoms with van der Waals surface area (Å²) in [5.74, 6) is 0.838. The maximum Gasteiger partial charge on any atom is 0.0424 e. The topological polar surface area (TPSA) is 29.3 Å². The molecule has 0 aromatic heterocycles. The molecule has 0 bridgehead atoms. The highest BCUT2D eigenvalue weighted by atomic mass is 15.2. The molecular weight excluding hydrogens is 196 g/mol. The molecule has 1 heterocycles. The van der Waals surface area contributed by atoms with Crippen LogP contribution in [0, 0.1) is 12.8 Å². The van der Waals surface area contributed by atoms with Crippen molar-refractivity contribution in [1.29, 1.82) is 0 Å². The molecule has 0 aliphatic carbocycles. The number of nitrogens with two attached hydrogens (primary N) is 1. The summed E-state index contributed by atoms with van der Waals surface area (Å²) in [6.07, 6.45) is 1.32. The van der Waals surface area contributed by atoms with Gasteiger partial charge in [-0.2, -0.15) is 0 Å². The minimum Gasteiger partial charge on any atom is -0.323 e. The lowest BCUT2D eigenvalue weighted by molar-refractivity contribution is 0.306. The van der Waals surface area contributed by atoms with Gasteiger partial charge in [0.2, 0.25) is 0 Å². The van der Waals surface area contributed by atoms with E-state index >= 15 is 0 Å². The second-order valence-corrected chi connectivity index (χ2v) is 5.17. The van der Waals surface area contributed by atoms with Crippen molar-refractivity contribution in [2.24, 2.45) is 11.7 Å². The van der Waals surface area contributed by atoms with E-state index in [-0.39, 0.29) is 6.04 Å². The zero-order chi connectivity index (χ0) is 11.5. The van der Waals surface area contributed by atoms with Gasteiger partial charge in [-0.3, -0.25) is 0 Å². The Morgan fingerprint density at radius 2 is 2.06 bits per heavy atom. The molecule has 1 aliphatic heterocycles. The first-order chi connectivity index (χ1) is 7.65. The quantitative estimate of drug-likeness (QED) is 0.843. The minimum atomic E-state index is 0.158. The third-order valence-corrected chi connectivity index (χ3v) is 3.47. The Morgan fingerprint density at radius 3 is 2.62 bits per heavy atom. The van der Waals surface area contributed by atoms with Crippen LogP contribution in [0.3, 0.4) is 0 Å². The molecular formula is C14H22N2. The number of likely N-dealkylation sites (tertiary alicyclic amines) is 1. The highest BCUT2D eigenvalue weighted by molar-refractivity contribution is 5.24. The second-order valence-electron chi connectivity index (χ2n) is 5.17. The third-order valence-electron chi connectivity index (χ3n) is 3.47. The van der Waals surface area contributed by atoms with Crippen molar-refractivity contribution >= 4 is 0 Å². The monoisotopic (exact) mass is 218 g/mol. The van der Waals surface area contributed by atoms with Crippen LogP contribution in [0.1, 0.15) is 30.5 Å². The van der Waals surface area contributed by atoms with Crippen LogP contribution in [0.15, 0.2) is 24.3 Å². The van der Waals surface area contributed by atoms with Crippen molar-refractivity contribution in [2.75, 3.05) is 19.6 Å². The zero-order valence-electron chi connectivity index (χ0n) is 10.3. The summed E-state index contributed by atoms with van der Waals surface area (Å²) < 4.78 is 0. The standard InChI is InChI=1S/C14H22N2/c1-11-3-5-13(6-4-11)14(15)10-16-8-7-12(2)9-16/h3-6,12,14H,7-10,15H2,1-2H3. The van der Waals surface area contributed by atoms with E-state index in [1.165, 1.54) is 30.6 Å². The summed E-state index contributed by atoms with van der Waals surface area (Å²) in [5, 5.41) is 0. The highest BCUT2D eigenvalue weighted by Gasteiger charge is 2.20. The van der Waals surface area contributed by atoms with E-state index in [1.54, 1.807) is 0 Å². The maximum atomic E-state index is 6.23. The maximum absolute atomic E-state index is 6.23. The van der Waals surface area contributed by atoms with Crippen molar-refractivity contribution in [3.63, 3.8) is 0 Å². The van der Waals surface area contributed by atoms with Crippen LogP contribution in [0.2, 0.25) is 0 Å². The van der Waals surface area contributed by atoms with E-state index in [0.717, 1.165) is 12.5 Å². The first-order valence-electron chi connectivity index (χ1n) is 6.19. The summed E-state index contributed by atoms with van der Waals surface area (Å²) in [6.45, 7) is 7.84. The second kappa shape index (κ2) is 4.98. The summed E-state index contributed by atoms with van der Waals surface area (Å²) in [7, 11) is 0. The minimum absolute atomic E-state index is 0.158. The van der Waals surface area contributed by atoms with Gasteiger partial charge in [-0.15, -0.1) is 0 Å². The average molecular weight is 218 g/mol. The fourth-order valence-corrected chi connectivity index (χ4v) is 2.39. The van der Waals surface area contributed by atoms with Gasteiger partial charge >= 0.3 is 0 Å². The lowest BCUT2D eigenvalue weighted by Crippen LogP contribution is -2.30. The molecule has 1 aliphatic rings. The first-order valence-corrected chi connectivity index (χ1v) is 6.19. The van der Waals surface area contributed by atoms with Gasteiger partial charge in [0.25, 0.3) is 0 Å². The molecule has 88 valence electrons. The van der Waals surface area contributed by atoms with E-state index in [0.29, 0.717) is 0 Å². The molecule has 2 heteroatoms. The Hall–Kier alpha value is -0.860. The molecule has 0 radical (unpaired) electrons. The van der Waals surface area contributed by atoms with Gasteiger partial charge in [0.05, 0.1) is 0 Å². The molecule has 0 spiro atoms. The van der Waals surface area contributed by atoms with Gasteiger partial charge in [-0.1, -0.05) is 36.8 Å². The summed E-state index contributed by atoms with van der Waals surface area (Å²) >= 11 is 0. The van der Waals surface area contributed by atoms with E-state index in [4.69, 9.17) is 5.73 Å². The smallest absolute Gasteiger partial charge is 0.0424 e. The largest absolute Gasteiger partial charge is 0.323 e. The number of benzene rings is 1. The average Bonchev–Trinajstić information content (AvgIpc) is 2.65. The van der Waals surface area contributed by atoms with Crippen LogP contribution in [-0.4, -0.2) is 24.5 Å². The van der Waals surface area contributed by atoms with Gasteiger partial charge in [0.1, 0.15) is 0 Å². The van der Waals surface area contributed by atoms with Crippen LogP contribution < -0.4 is 5.73 Å². The van der Waals surface area contributed by atoms with Gasteiger partial charge in [-0.05, 0) is 31.4 Å². The van der Waals surface area contributed by atoms with Crippen molar-refractivity contribution in [3.05, 3.63) is 35.4 Å². The summed E-state index contributed by atoms with van der Waals surface area (Å²) in [4.78, 5) is 2.48. The number of nitrogens with zero attached hydrogens (tertiary/aromatic N) is 1. The van der Waals surface area contributed by atoms with Gasteiger partial charge in [0.15, 0.2) is 0 Å². The number of rotatable bonds is 3. The van der Waals surface area contributed by atoms with Crippen LogP contribution in [-0.2, 0) is 0 Å². The van der Waals surface area contributed by atoms with Crippen molar-refractivity contribution < 1.29 is 0 Å².